The van der Waals surface area contributed by atoms with E-state index < -0.39 is 19.2 Å². The molecule has 2 aromatic carbocycles. The van der Waals surface area contributed by atoms with Crippen LogP contribution in [0.3, 0.4) is 0 Å². The van der Waals surface area contributed by atoms with E-state index in [1.165, 1.54) is 0 Å². The Balaban J connectivity index is 0.000000209. The van der Waals surface area contributed by atoms with Crippen LogP contribution >= 0.6 is 0 Å². The minimum absolute atomic E-state index is 0.0270. The smallest absolute Gasteiger partial charge is 0.387 e. The number of hydrogen-bond donors (Lipinski definition) is 2. The molecular formula is C33H33F4N3O6. The Bertz CT molecular complexity index is 1610. The highest BCUT2D eigenvalue weighted by atomic mass is 19.3. The number of para-hydroxylation sites is 2. The number of carboxylic acid groups (broad SMARTS) is 1. The molecule has 3 N–H and O–H groups in total. The summed E-state index contributed by atoms with van der Waals surface area (Å²) in [4.78, 5) is 20.3. The van der Waals surface area contributed by atoms with Gasteiger partial charge < -0.3 is 29.8 Å². The molecule has 1 fully saturated rings. The van der Waals surface area contributed by atoms with Gasteiger partial charge in [0.25, 0.3) is 0 Å². The van der Waals surface area contributed by atoms with Gasteiger partial charge in [-0.15, -0.1) is 0 Å². The first-order chi connectivity index (χ1) is 22.2. The van der Waals surface area contributed by atoms with Gasteiger partial charge in [0.1, 0.15) is 5.75 Å². The van der Waals surface area contributed by atoms with Crippen LogP contribution in [0.4, 0.5) is 23.2 Å². The molecule has 6 rings (SSSR count). The fourth-order valence-electron chi connectivity index (χ4n) is 5.26. The maximum absolute atomic E-state index is 13.2. The van der Waals surface area contributed by atoms with Crippen molar-refractivity contribution in [2.75, 3.05) is 32.2 Å². The van der Waals surface area contributed by atoms with Crippen LogP contribution < -0.4 is 15.2 Å². The molecule has 0 spiro atoms. The Morgan fingerprint density at radius 2 is 1.50 bits per heavy atom. The molecule has 0 atom stereocenters. The zero-order chi connectivity index (χ0) is 32.6. The molecule has 2 aliphatic heterocycles. The lowest BCUT2D eigenvalue weighted by molar-refractivity contribution is -0.0509. The van der Waals surface area contributed by atoms with Crippen molar-refractivity contribution in [3.05, 3.63) is 88.5 Å². The zero-order valence-corrected chi connectivity index (χ0v) is 24.8. The van der Waals surface area contributed by atoms with E-state index in [0.29, 0.717) is 61.7 Å². The second-order valence-electron chi connectivity index (χ2n) is 10.7. The van der Waals surface area contributed by atoms with Crippen molar-refractivity contribution in [1.29, 1.82) is 0 Å². The Morgan fingerprint density at radius 3 is 2.04 bits per heavy atom. The first-order valence-electron chi connectivity index (χ1n) is 14.7. The fourth-order valence-corrected chi connectivity index (χ4v) is 5.26. The van der Waals surface area contributed by atoms with Gasteiger partial charge in [0, 0.05) is 35.2 Å². The summed E-state index contributed by atoms with van der Waals surface area (Å²) in [6, 6.07) is 10.1. The molecule has 3 aliphatic rings. The second-order valence-corrected chi connectivity index (χ2v) is 10.7. The van der Waals surface area contributed by atoms with E-state index in [0.717, 1.165) is 24.0 Å². The average Bonchev–Trinajstić information content (AvgIpc) is 3.90. The molecule has 0 unspecified atom stereocenters. The molecule has 1 aliphatic carbocycles. The van der Waals surface area contributed by atoms with Gasteiger partial charge >= 0.3 is 19.2 Å². The quantitative estimate of drug-likeness (QED) is 0.183. The topological polar surface area (TPSA) is 126 Å². The van der Waals surface area contributed by atoms with Gasteiger partial charge in [-0.2, -0.15) is 17.6 Å². The van der Waals surface area contributed by atoms with Crippen LogP contribution in [-0.4, -0.2) is 60.7 Å². The molecule has 1 saturated carbocycles. The minimum Gasteiger partial charge on any atom is -0.476 e. The maximum atomic E-state index is 13.2. The number of nitrogens with zero attached hydrogens (tertiary/aromatic N) is 2. The molecule has 13 heteroatoms. The molecule has 46 heavy (non-hydrogen) atoms. The van der Waals surface area contributed by atoms with Crippen molar-refractivity contribution in [1.82, 2.24) is 9.97 Å². The Kier molecular flexibility index (Phi) is 10.9. The molecule has 3 aromatic rings. The number of carbonyl (C=O) groups is 1. The number of halogens is 4. The highest BCUT2D eigenvalue weighted by Gasteiger charge is 2.28. The van der Waals surface area contributed by atoms with Crippen molar-refractivity contribution in [3.63, 3.8) is 0 Å². The molecule has 1 aromatic heterocycles. The van der Waals surface area contributed by atoms with Crippen molar-refractivity contribution >= 4 is 22.8 Å². The largest absolute Gasteiger partial charge is 0.476 e. The third kappa shape index (κ3) is 8.40. The number of benzene rings is 2. The van der Waals surface area contributed by atoms with Gasteiger partial charge in [0.2, 0.25) is 0 Å². The first kappa shape index (κ1) is 32.9. The monoisotopic (exact) mass is 643 g/mol. The number of aromatic carboxylic acids is 1. The number of carboxylic acids is 1. The summed E-state index contributed by atoms with van der Waals surface area (Å²) in [5.74, 6) is -0.832. The van der Waals surface area contributed by atoms with Gasteiger partial charge in [0.05, 0.1) is 43.5 Å². The third-order valence-corrected chi connectivity index (χ3v) is 7.60. The van der Waals surface area contributed by atoms with E-state index in [4.69, 9.17) is 19.9 Å². The lowest BCUT2D eigenvalue weighted by atomic mass is 9.96. The van der Waals surface area contributed by atoms with Crippen molar-refractivity contribution < 1.29 is 46.4 Å². The summed E-state index contributed by atoms with van der Waals surface area (Å²) in [5, 5.41) is 9.57. The lowest BCUT2D eigenvalue weighted by Crippen LogP contribution is -2.13. The SMILES string of the molecule is Nc1cccc(C2=CCOCC2)c1OC(F)F.O=C(O)c1nc(C2CC2)cnc1Cc1cccc(C2=CCOCC2)c1OC(F)F. The van der Waals surface area contributed by atoms with Crippen LogP contribution in [0.25, 0.3) is 11.1 Å². The molecule has 9 nitrogen and oxygen atoms in total. The number of alkyl halides is 4. The average molecular weight is 644 g/mol. The lowest BCUT2D eigenvalue weighted by Gasteiger charge is -2.20. The standard InChI is InChI=1S/C21H20F2N2O4.C12H13F2NO2/c22-21(23)29-19-14(2-1-3-15(19)12-6-8-28-9-7-12)10-16-18(20(26)27)25-17(11-24-16)13-4-5-13;13-12(14)17-11-9(2-1-3-10(11)15)8-4-6-16-7-5-8/h1-3,6,11,13,21H,4-5,7-10H2,(H,26,27);1-4,12H,5-7,15H2. The highest BCUT2D eigenvalue weighted by Crippen LogP contribution is 2.40. The number of ether oxygens (including phenoxy) is 4. The minimum atomic E-state index is -3.00. The van der Waals surface area contributed by atoms with Gasteiger partial charge in [0.15, 0.2) is 11.4 Å². The van der Waals surface area contributed by atoms with E-state index in [1.54, 1.807) is 42.6 Å². The zero-order valence-electron chi connectivity index (χ0n) is 24.8. The third-order valence-electron chi connectivity index (χ3n) is 7.60. The molecule has 244 valence electrons. The van der Waals surface area contributed by atoms with E-state index in [-0.39, 0.29) is 40.9 Å². The summed E-state index contributed by atoms with van der Waals surface area (Å²) < 4.78 is 70.8. The van der Waals surface area contributed by atoms with E-state index in [1.807, 2.05) is 12.2 Å². The Labute approximate surface area is 262 Å². The Hall–Kier alpha value is -4.49. The fraction of sp³-hybridized carbons (Fsp3) is 0.364. The molecule has 0 radical (unpaired) electrons. The number of nitrogen functional groups attached to an aromatic ring is 1. The summed E-state index contributed by atoms with van der Waals surface area (Å²) in [7, 11) is 0. The molecular weight excluding hydrogens is 610 g/mol. The molecule has 3 heterocycles. The van der Waals surface area contributed by atoms with Gasteiger partial charge in [-0.1, -0.05) is 42.5 Å². The van der Waals surface area contributed by atoms with Gasteiger partial charge in [-0.25, -0.2) is 9.78 Å². The van der Waals surface area contributed by atoms with Crippen molar-refractivity contribution in [2.45, 2.75) is 51.2 Å². The first-order valence-corrected chi connectivity index (χ1v) is 14.7. The van der Waals surface area contributed by atoms with Crippen LogP contribution in [0, 0.1) is 0 Å². The predicted molar refractivity (Wildman–Crippen MR) is 161 cm³/mol. The summed E-state index contributed by atoms with van der Waals surface area (Å²) in [6.07, 6.45) is 8.50. The van der Waals surface area contributed by atoms with Crippen LogP contribution in [0.1, 0.15) is 70.2 Å². The number of rotatable bonds is 10. The summed E-state index contributed by atoms with van der Waals surface area (Å²) >= 11 is 0. The predicted octanol–water partition coefficient (Wildman–Crippen LogP) is 6.72. The van der Waals surface area contributed by atoms with E-state index in [9.17, 15) is 27.5 Å². The normalized spacial score (nSPS) is 16.3. The Morgan fingerprint density at radius 1 is 0.913 bits per heavy atom. The number of anilines is 1. The van der Waals surface area contributed by atoms with Gasteiger partial charge in [-0.3, -0.25) is 4.98 Å². The number of aromatic nitrogens is 2. The highest BCUT2D eigenvalue weighted by molar-refractivity contribution is 5.87. The van der Waals surface area contributed by atoms with Crippen LogP contribution in [0.2, 0.25) is 0 Å². The molecule has 0 saturated heterocycles. The summed E-state index contributed by atoms with van der Waals surface area (Å²) in [5.41, 5.74) is 10.0. The van der Waals surface area contributed by atoms with E-state index >= 15 is 0 Å². The molecule has 0 amide bonds. The van der Waals surface area contributed by atoms with Crippen molar-refractivity contribution in [2.24, 2.45) is 0 Å². The molecule has 0 bridgehead atoms. The van der Waals surface area contributed by atoms with Gasteiger partial charge in [-0.05, 0) is 42.9 Å². The number of hydrogen-bond acceptors (Lipinski definition) is 8. The maximum Gasteiger partial charge on any atom is 0.387 e. The van der Waals surface area contributed by atoms with Crippen LogP contribution in [0.15, 0.2) is 54.7 Å². The number of nitrogens with two attached hydrogens (primary N) is 1. The van der Waals surface area contributed by atoms with E-state index in [2.05, 4.69) is 14.7 Å². The second kappa shape index (κ2) is 15.2. The van der Waals surface area contributed by atoms with Crippen molar-refractivity contribution in [3.8, 4) is 11.5 Å². The summed E-state index contributed by atoms with van der Waals surface area (Å²) in [6.45, 7) is -3.91. The van der Waals surface area contributed by atoms with Crippen LogP contribution in [0.5, 0.6) is 11.5 Å². The van der Waals surface area contributed by atoms with Crippen LogP contribution in [-0.2, 0) is 15.9 Å².